The van der Waals surface area contributed by atoms with Gasteiger partial charge < -0.3 is 15.2 Å². The largest absolute Gasteiger partial charge is 1.00 e. The quantitative estimate of drug-likeness (QED) is 0.0728. The Morgan fingerprint density at radius 2 is 1.76 bits per heavy atom. The van der Waals surface area contributed by atoms with Gasteiger partial charge in [0.25, 0.3) is 0 Å². The van der Waals surface area contributed by atoms with Gasteiger partial charge >= 0.3 is 59.1 Å². The van der Waals surface area contributed by atoms with E-state index >= 15 is 0 Å². The number of benzene rings is 1. The number of rotatable bonds is 8. The minimum Gasteiger partial charge on any atom is -0.746 e. The monoisotopic (exact) mass is 458 g/mol. The van der Waals surface area contributed by atoms with Crippen LogP contribution in [0.3, 0.4) is 0 Å². The van der Waals surface area contributed by atoms with Crippen molar-refractivity contribution in [3.63, 3.8) is 0 Å². The number of hydrogen-bond donors (Lipinski definition) is 4. The summed E-state index contributed by atoms with van der Waals surface area (Å²) in [6, 6.07) is 5.98. The molecule has 0 saturated carbocycles. The van der Waals surface area contributed by atoms with E-state index < -0.39 is 25.0 Å². The van der Waals surface area contributed by atoms with Crippen LogP contribution in [0.4, 0.5) is 23.5 Å². The third-order valence-corrected chi connectivity index (χ3v) is 4.19. The van der Waals surface area contributed by atoms with Crippen LogP contribution in [0.2, 0.25) is 0 Å². The summed E-state index contributed by atoms with van der Waals surface area (Å²) in [7, 11) is -8.12. The van der Waals surface area contributed by atoms with Crippen molar-refractivity contribution in [2.24, 2.45) is 0 Å². The van der Waals surface area contributed by atoms with Gasteiger partial charge in [0.15, 0.2) is 6.19 Å². The molecule has 4 N–H and O–H groups in total. The summed E-state index contributed by atoms with van der Waals surface area (Å²) >= 11 is 0. The van der Waals surface area contributed by atoms with Crippen LogP contribution in [0.25, 0.3) is 0 Å². The molecule has 0 atom stereocenters. The molecule has 0 saturated heterocycles. The molecule has 0 radical (unpaired) electrons. The zero-order chi connectivity index (χ0) is 20.1. The molecule has 0 spiro atoms. The van der Waals surface area contributed by atoms with E-state index in [1.165, 1.54) is 6.07 Å². The Hall–Kier alpha value is -1.06. The zero-order valence-electron chi connectivity index (χ0n) is 15.6. The fourth-order valence-corrected chi connectivity index (χ4v) is 2.49. The van der Waals surface area contributed by atoms with E-state index in [1.807, 2.05) is 0 Å². The van der Waals surface area contributed by atoms with Crippen molar-refractivity contribution < 1.29 is 80.5 Å². The summed E-state index contributed by atoms with van der Waals surface area (Å²) in [4.78, 5) is 11.2. The number of nitriles is 1. The Morgan fingerprint density at radius 3 is 2.34 bits per heavy atom. The molecule has 0 fully saturated rings. The minimum absolute atomic E-state index is 0. The third-order valence-electron chi connectivity index (χ3n) is 2.69. The molecule has 0 bridgehead atoms. The molecule has 13 nitrogen and oxygen atoms in total. The first-order valence-corrected chi connectivity index (χ1v) is 10.2. The molecule has 2 rings (SSSR count). The molecule has 0 unspecified atom stereocenters. The van der Waals surface area contributed by atoms with Gasteiger partial charge in [-0.15, -0.1) is 6.07 Å². The molecule has 29 heavy (non-hydrogen) atoms. The summed E-state index contributed by atoms with van der Waals surface area (Å²) in [5.41, 5.74) is 0.0706. The minimum atomic E-state index is -4.66. The Balaban J connectivity index is 0.00000392. The number of anilines is 4. The van der Waals surface area contributed by atoms with Crippen LogP contribution in [0.5, 0.6) is 0 Å². The molecular formula is C12H12N8Na2O5S2. The van der Waals surface area contributed by atoms with Gasteiger partial charge in [0.1, 0.15) is 10.1 Å². The first-order chi connectivity index (χ1) is 12.6. The number of hydrogen-bond acceptors (Lipinski definition) is 12. The summed E-state index contributed by atoms with van der Waals surface area (Å²) < 4.78 is 57.5. The van der Waals surface area contributed by atoms with Crippen molar-refractivity contribution in [3.05, 3.63) is 24.3 Å². The standard InChI is InChI=1S/C12H13N8O5S2.2Na/c1-26(21,22)16-7-15-11-18-10(14-6-13)19-12(20-11)17-8-3-2-4-9(5-8)27(23,24)25;;/h2,4-5,16H,7H2,1H3,(H,23,24,25)(H3,14,15,17,18,19,20);;/q-1;2*+1/p-1. The number of sulfonamides is 1. The van der Waals surface area contributed by atoms with E-state index in [0.29, 0.717) is 0 Å². The molecule has 0 amide bonds. The van der Waals surface area contributed by atoms with Crippen LogP contribution in [-0.4, -0.2) is 49.3 Å². The van der Waals surface area contributed by atoms with Crippen molar-refractivity contribution in [2.45, 2.75) is 4.90 Å². The van der Waals surface area contributed by atoms with E-state index in [1.54, 1.807) is 6.19 Å². The zero-order valence-corrected chi connectivity index (χ0v) is 21.2. The maximum atomic E-state index is 11.1. The first kappa shape index (κ1) is 27.9. The third kappa shape index (κ3) is 10.00. The average molecular weight is 458 g/mol. The van der Waals surface area contributed by atoms with Crippen molar-refractivity contribution >= 4 is 43.7 Å². The fraction of sp³-hybridized carbons (Fsp3) is 0.167. The van der Waals surface area contributed by atoms with Crippen LogP contribution in [0.1, 0.15) is 0 Å². The average Bonchev–Trinajstić information content (AvgIpc) is 2.53. The summed E-state index contributed by atoms with van der Waals surface area (Å²) in [5.74, 6) is -0.375. The molecule has 1 aromatic heterocycles. The molecule has 2 aromatic rings. The van der Waals surface area contributed by atoms with Crippen LogP contribution in [0.15, 0.2) is 23.1 Å². The maximum absolute atomic E-state index is 11.1. The number of nitrogens with zero attached hydrogens (tertiary/aromatic N) is 4. The first-order valence-electron chi connectivity index (χ1n) is 6.91. The van der Waals surface area contributed by atoms with Crippen molar-refractivity contribution in [2.75, 3.05) is 28.9 Å². The van der Waals surface area contributed by atoms with E-state index in [4.69, 9.17) is 5.26 Å². The van der Waals surface area contributed by atoms with Gasteiger partial charge in [-0.3, -0.25) is 5.32 Å². The van der Waals surface area contributed by atoms with Gasteiger partial charge in [-0.2, -0.15) is 43.1 Å². The summed E-state index contributed by atoms with van der Waals surface area (Å²) in [6.07, 6.45) is 2.58. The smallest absolute Gasteiger partial charge is 0.746 e. The normalized spacial score (nSPS) is 10.7. The Labute approximate surface area is 211 Å². The topological polar surface area (TPSA) is 202 Å². The van der Waals surface area contributed by atoms with Gasteiger partial charge in [-0.1, -0.05) is 10.6 Å². The van der Waals surface area contributed by atoms with Crippen LogP contribution in [0, 0.1) is 17.5 Å². The second kappa shape index (κ2) is 12.0. The Morgan fingerprint density at radius 1 is 1.14 bits per heavy atom. The van der Waals surface area contributed by atoms with Crippen molar-refractivity contribution in [1.82, 2.24) is 19.7 Å². The fourth-order valence-electron chi connectivity index (χ4n) is 1.66. The van der Waals surface area contributed by atoms with Crippen LogP contribution in [-0.2, 0) is 20.1 Å². The number of nitrogens with one attached hydrogen (secondary N) is 4. The molecule has 1 heterocycles. The molecule has 0 aliphatic heterocycles. The van der Waals surface area contributed by atoms with Gasteiger partial charge in [0.05, 0.1) is 12.9 Å². The second-order valence-electron chi connectivity index (χ2n) is 4.83. The Bertz CT molecular complexity index is 1090. The van der Waals surface area contributed by atoms with E-state index in [2.05, 4.69) is 41.7 Å². The van der Waals surface area contributed by atoms with Crippen LogP contribution < -0.4 is 79.8 Å². The van der Waals surface area contributed by atoms with Crippen molar-refractivity contribution in [1.29, 1.82) is 5.26 Å². The Kier molecular flexibility index (Phi) is 11.5. The summed E-state index contributed by atoms with van der Waals surface area (Å²) in [6.45, 7) is -0.232. The van der Waals surface area contributed by atoms with Gasteiger partial charge in [-0.25, -0.2) is 16.8 Å². The molecule has 0 aliphatic rings. The van der Waals surface area contributed by atoms with Crippen molar-refractivity contribution in [3.8, 4) is 6.19 Å². The molecule has 144 valence electrons. The predicted octanol–water partition coefficient (Wildman–Crippen LogP) is -6.86. The van der Waals surface area contributed by atoms with Gasteiger partial charge in [0, 0.05) is 0 Å². The second-order valence-corrected chi connectivity index (χ2v) is 8.04. The van der Waals surface area contributed by atoms with Gasteiger partial charge in [-0.05, 0) is 0 Å². The van der Waals surface area contributed by atoms with E-state index in [-0.39, 0.29) is 89.3 Å². The van der Waals surface area contributed by atoms with Gasteiger partial charge in [0.2, 0.25) is 27.9 Å². The van der Waals surface area contributed by atoms with E-state index in [0.717, 1.165) is 18.4 Å². The predicted molar refractivity (Wildman–Crippen MR) is 92.1 cm³/mol. The SMILES string of the molecule is CS(=O)(=O)NCNc1nc(NC#N)nc(Nc2[c-]ccc(S(=O)(=O)[O-])c2)n1.[Na+].[Na+]. The summed E-state index contributed by atoms with van der Waals surface area (Å²) in [5, 5.41) is 16.1. The number of aromatic nitrogens is 3. The molecule has 0 aliphatic carbocycles. The molecule has 1 aromatic carbocycles. The maximum Gasteiger partial charge on any atom is 1.00 e. The van der Waals surface area contributed by atoms with E-state index in [9.17, 15) is 21.4 Å². The molecule has 17 heteroatoms. The van der Waals surface area contributed by atoms with Crippen LogP contribution >= 0.6 is 0 Å². The molecular weight excluding hydrogens is 446 g/mol.